The van der Waals surface area contributed by atoms with E-state index in [1.54, 1.807) is 14.2 Å². The molecule has 0 heterocycles. The number of urea groups is 1. The van der Waals surface area contributed by atoms with Crippen LogP contribution in [0.3, 0.4) is 0 Å². The molecule has 0 spiro atoms. The van der Waals surface area contributed by atoms with E-state index < -0.39 is 28.8 Å². The molecule has 0 atom stereocenters. The molecule has 3 amide bonds. The molecule has 0 aromatic carbocycles. The lowest BCUT2D eigenvalue weighted by Crippen LogP contribution is -2.55. The maximum Gasteiger partial charge on any atom is 0.417 e. The third-order valence-corrected chi connectivity index (χ3v) is 7.27. The van der Waals surface area contributed by atoms with Gasteiger partial charge in [0.25, 0.3) is 0 Å². The smallest absolute Gasteiger partial charge is 0.417 e. The first kappa shape index (κ1) is 19.1. The molecule has 0 saturated heterocycles. The minimum absolute atomic E-state index is 0.233. The second-order valence-corrected chi connectivity index (χ2v) is 14.2. The van der Waals surface area contributed by atoms with Crippen molar-refractivity contribution in [3.05, 3.63) is 0 Å². The molecule has 0 fully saturated rings. The van der Waals surface area contributed by atoms with Crippen LogP contribution in [0.25, 0.3) is 0 Å². The van der Waals surface area contributed by atoms with Gasteiger partial charge in [-0.05, 0) is 26.2 Å². The Hall–Kier alpha value is -0.906. The molecular formula is C11H26N2O5Si2. The van der Waals surface area contributed by atoms with Crippen LogP contribution in [0.4, 0.5) is 9.59 Å². The largest absolute Gasteiger partial charge is 0.452 e. The summed E-state index contributed by atoms with van der Waals surface area (Å²) < 4.78 is 15.4. The van der Waals surface area contributed by atoms with E-state index in [1.165, 1.54) is 7.11 Å². The maximum absolute atomic E-state index is 12.1. The average Bonchev–Trinajstić information content (AvgIpc) is 2.41. The summed E-state index contributed by atoms with van der Waals surface area (Å²) in [5, 5.41) is 2.73. The van der Waals surface area contributed by atoms with Crippen LogP contribution < -0.4 is 5.32 Å². The van der Waals surface area contributed by atoms with Crippen molar-refractivity contribution in [1.29, 1.82) is 0 Å². The first-order valence-corrected chi connectivity index (χ1v) is 12.6. The summed E-state index contributed by atoms with van der Waals surface area (Å²) in [6.07, 6.45) is -0.0288. The Morgan fingerprint density at radius 1 is 1.00 bits per heavy atom. The summed E-state index contributed by atoms with van der Waals surface area (Å²) >= 11 is 0. The van der Waals surface area contributed by atoms with E-state index in [9.17, 15) is 9.59 Å². The van der Waals surface area contributed by atoms with Gasteiger partial charge in [0.15, 0.2) is 0 Å². The second kappa shape index (κ2) is 7.76. The second-order valence-electron chi connectivity index (χ2n) is 5.64. The minimum atomic E-state index is -2.12. The standard InChI is InChI=1S/C11H26N2O5Si2/c1-16-11(15)13(9-20(6,7)18-3)10(14)12-8-19(4,5)17-2/h8-9H2,1-7H3,(H,12,14). The van der Waals surface area contributed by atoms with E-state index in [1.807, 2.05) is 26.2 Å². The van der Waals surface area contributed by atoms with Crippen molar-refractivity contribution in [2.24, 2.45) is 0 Å². The van der Waals surface area contributed by atoms with Crippen LogP contribution in [0.1, 0.15) is 0 Å². The molecule has 0 aromatic rings. The van der Waals surface area contributed by atoms with Crippen molar-refractivity contribution in [1.82, 2.24) is 10.2 Å². The highest BCUT2D eigenvalue weighted by molar-refractivity contribution is 6.72. The van der Waals surface area contributed by atoms with Gasteiger partial charge in [-0.15, -0.1) is 0 Å². The monoisotopic (exact) mass is 322 g/mol. The lowest BCUT2D eigenvalue weighted by Gasteiger charge is -2.29. The van der Waals surface area contributed by atoms with Gasteiger partial charge < -0.3 is 18.9 Å². The van der Waals surface area contributed by atoms with Crippen molar-refractivity contribution < 1.29 is 23.2 Å². The van der Waals surface area contributed by atoms with Crippen molar-refractivity contribution in [2.45, 2.75) is 26.2 Å². The highest BCUT2D eigenvalue weighted by Gasteiger charge is 2.33. The van der Waals surface area contributed by atoms with E-state index in [0.29, 0.717) is 6.17 Å². The Balaban J connectivity index is 4.79. The molecule has 118 valence electrons. The lowest BCUT2D eigenvalue weighted by molar-refractivity contribution is 0.132. The molecule has 0 aliphatic carbocycles. The van der Waals surface area contributed by atoms with Gasteiger partial charge in [-0.3, -0.25) is 0 Å². The fraction of sp³-hybridized carbons (Fsp3) is 0.818. The summed E-state index contributed by atoms with van der Waals surface area (Å²) in [5.74, 6) is 0. The fourth-order valence-corrected chi connectivity index (χ4v) is 3.12. The van der Waals surface area contributed by atoms with Gasteiger partial charge >= 0.3 is 12.1 Å². The molecule has 7 nitrogen and oxygen atoms in total. The van der Waals surface area contributed by atoms with Crippen LogP contribution in [0.15, 0.2) is 0 Å². The molecular weight excluding hydrogens is 296 g/mol. The minimum Gasteiger partial charge on any atom is -0.452 e. The van der Waals surface area contributed by atoms with Crippen molar-refractivity contribution in [2.75, 3.05) is 33.7 Å². The topological polar surface area (TPSA) is 77.1 Å². The third kappa shape index (κ3) is 6.50. The number of hydrogen-bond donors (Lipinski definition) is 1. The summed E-state index contributed by atoms with van der Waals surface area (Å²) in [6.45, 7) is 7.79. The van der Waals surface area contributed by atoms with Crippen LogP contribution in [0.5, 0.6) is 0 Å². The Bertz CT molecular complexity index is 350. The number of carbonyl (C=O) groups is 2. The lowest BCUT2D eigenvalue weighted by atomic mass is 10.8. The first-order chi connectivity index (χ1) is 9.08. The number of nitrogens with one attached hydrogen (secondary N) is 1. The normalized spacial score (nSPS) is 11.9. The molecule has 1 N–H and O–H groups in total. The third-order valence-electron chi connectivity index (χ3n) is 2.95. The molecule has 9 heteroatoms. The molecule has 0 radical (unpaired) electrons. The van der Waals surface area contributed by atoms with Gasteiger partial charge in [0, 0.05) is 20.4 Å². The molecule has 20 heavy (non-hydrogen) atoms. The van der Waals surface area contributed by atoms with Gasteiger partial charge in [-0.1, -0.05) is 0 Å². The Kier molecular flexibility index (Phi) is 7.41. The summed E-state index contributed by atoms with van der Waals surface area (Å²) in [7, 11) is 0.405. The Labute approximate surface area is 122 Å². The van der Waals surface area contributed by atoms with E-state index in [4.69, 9.17) is 8.85 Å². The van der Waals surface area contributed by atoms with E-state index in [-0.39, 0.29) is 6.17 Å². The van der Waals surface area contributed by atoms with E-state index in [0.717, 1.165) is 4.90 Å². The molecule has 0 rings (SSSR count). The SMILES string of the molecule is COC(=O)N(C[Si](C)(C)OC)C(=O)NC[Si](C)(C)OC. The molecule has 0 aliphatic heterocycles. The molecule has 0 unspecified atom stereocenters. The van der Waals surface area contributed by atoms with Crippen LogP contribution in [0.2, 0.25) is 26.2 Å². The first-order valence-electron chi connectivity index (χ1n) is 6.32. The Morgan fingerprint density at radius 3 is 1.90 bits per heavy atom. The molecule has 0 aromatic heterocycles. The molecule has 0 bridgehead atoms. The molecule has 0 saturated carbocycles. The van der Waals surface area contributed by atoms with Gasteiger partial charge in [0.05, 0.1) is 13.3 Å². The van der Waals surface area contributed by atoms with Gasteiger partial charge in [0.2, 0.25) is 16.6 Å². The summed E-state index contributed by atoms with van der Waals surface area (Å²) in [5.41, 5.74) is 0. The zero-order valence-electron chi connectivity index (χ0n) is 13.4. The molecule has 0 aliphatic rings. The number of nitrogens with zero attached hydrogens (tertiary/aromatic N) is 1. The zero-order chi connectivity index (χ0) is 16.0. The number of hydrogen-bond acceptors (Lipinski definition) is 5. The van der Waals surface area contributed by atoms with Crippen LogP contribution >= 0.6 is 0 Å². The van der Waals surface area contributed by atoms with Gasteiger partial charge in [-0.2, -0.15) is 0 Å². The number of imide groups is 1. The number of methoxy groups -OCH3 is 1. The van der Waals surface area contributed by atoms with Crippen LogP contribution in [-0.2, 0) is 13.6 Å². The summed E-state index contributed by atoms with van der Waals surface area (Å²) in [6, 6.07) is -0.480. The fourth-order valence-electron chi connectivity index (χ4n) is 1.23. The van der Waals surface area contributed by atoms with Crippen molar-refractivity contribution >= 4 is 28.8 Å². The average molecular weight is 323 g/mol. The quantitative estimate of drug-likeness (QED) is 0.751. The Morgan fingerprint density at radius 2 is 1.50 bits per heavy atom. The van der Waals surface area contributed by atoms with Crippen LogP contribution in [-0.4, -0.2) is 67.3 Å². The van der Waals surface area contributed by atoms with Gasteiger partial charge in [0.1, 0.15) is 0 Å². The predicted octanol–water partition coefficient (Wildman–Crippen LogP) is 1.55. The number of ether oxygens (including phenoxy) is 1. The van der Waals surface area contributed by atoms with E-state index >= 15 is 0 Å². The van der Waals surface area contributed by atoms with E-state index in [2.05, 4.69) is 10.1 Å². The maximum atomic E-state index is 12.1. The van der Waals surface area contributed by atoms with Gasteiger partial charge in [-0.25, -0.2) is 14.5 Å². The highest BCUT2D eigenvalue weighted by atomic mass is 28.4. The number of rotatable bonds is 6. The highest BCUT2D eigenvalue weighted by Crippen LogP contribution is 2.08. The predicted molar refractivity (Wildman–Crippen MR) is 81.5 cm³/mol. The zero-order valence-corrected chi connectivity index (χ0v) is 15.4. The van der Waals surface area contributed by atoms with Crippen LogP contribution in [0, 0.1) is 0 Å². The van der Waals surface area contributed by atoms with Crippen molar-refractivity contribution in [3.8, 4) is 0 Å². The number of amides is 3. The summed E-state index contributed by atoms with van der Waals surface area (Å²) in [4.78, 5) is 24.9. The van der Waals surface area contributed by atoms with Crippen molar-refractivity contribution in [3.63, 3.8) is 0 Å². The number of carbonyl (C=O) groups excluding carboxylic acids is 2.